The third-order valence-corrected chi connectivity index (χ3v) is 3.16. The zero-order valence-corrected chi connectivity index (χ0v) is 11.0. The minimum atomic E-state index is -4.29. The maximum atomic E-state index is 11.1. The van der Waals surface area contributed by atoms with Gasteiger partial charge in [-0.3, -0.25) is 10.1 Å². The molecule has 108 valence electrons. The van der Waals surface area contributed by atoms with Crippen molar-refractivity contribution in [2.24, 2.45) is 10.9 Å². The van der Waals surface area contributed by atoms with E-state index in [1.807, 2.05) is 0 Å². The minimum Gasteiger partial charge on any atom is -0.365 e. The van der Waals surface area contributed by atoms with E-state index in [4.69, 9.17) is 5.73 Å². The fourth-order valence-electron chi connectivity index (χ4n) is 1.55. The van der Waals surface area contributed by atoms with E-state index in [1.54, 1.807) is 6.92 Å². The minimum absolute atomic E-state index is 0.0851. The molecule has 10 nitrogen and oxygen atoms in total. The number of nitro groups is 1. The number of hydrogen-bond donors (Lipinski definition) is 1. The molecule has 0 radical (unpaired) electrons. The highest BCUT2D eigenvalue weighted by Gasteiger charge is 2.31. The van der Waals surface area contributed by atoms with Crippen LogP contribution in [-0.2, 0) is 19.0 Å². The van der Waals surface area contributed by atoms with Crippen LogP contribution in [-0.4, -0.2) is 24.4 Å². The number of guanidine groups is 1. The monoisotopic (exact) mass is 302 g/mol. The Morgan fingerprint density at radius 3 is 2.55 bits per heavy atom. The Morgan fingerprint density at radius 2 is 2.00 bits per heavy atom. The molecule has 1 aromatic carbocycles. The molecule has 0 saturated carbocycles. The second kappa shape index (κ2) is 4.94. The highest BCUT2D eigenvalue weighted by atomic mass is 32.3. The summed E-state index contributed by atoms with van der Waals surface area (Å²) in [5, 5.41) is 14.5. The second-order valence-electron chi connectivity index (χ2n) is 3.86. The predicted octanol–water partition coefficient (Wildman–Crippen LogP) is 0.394. The SMILES string of the molecule is CC(c1ccc([N+](=O)[O-])cc1)N1OS(=O)(=O)ON=C1N. The van der Waals surface area contributed by atoms with Gasteiger partial charge in [-0.25, -0.2) is 4.28 Å². The molecule has 0 aliphatic carbocycles. The molecule has 1 heterocycles. The molecule has 0 aromatic heterocycles. The third-order valence-electron chi connectivity index (χ3n) is 2.56. The molecule has 11 heteroatoms. The summed E-state index contributed by atoms with van der Waals surface area (Å²) in [5.41, 5.74) is 5.93. The molecule has 1 unspecified atom stereocenters. The number of hydrogen-bond acceptors (Lipinski definition) is 9. The Hall–Kier alpha value is -2.40. The molecular weight excluding hydrogens is 292 g/mol. The third kappa shape index (κ3) is 2.78. The van der Waals surface area contributed by atoms with E-state index in [-0.39, 0.29) is 11.6 Å². The first-order chi connectivity index (χ1) is 9.30. The lowest BCUT2D eigenvalue weighted by Crippen LogP contribution is -2.44. The van der Waals surface area contributed by atoms with E-state index in [0.717, 1.165) is 5.06 Å². The fraction of sp³-hybridized carbons (Fsp3) is 0.222. The highest BCUT2D eigenvalue weighted by molar-refractivity contribution is 7.81. The molecule has 0 saturated heterocycles. The molecule has 2 rings (SSSR count). The standard InChI is InChI=1S/C9H10N4O6S/c1-6(7-2-4-8(5-3-7)13(14)15)12-9(10)11-18-20(16,17)19-12/h2-6H,1H3,(H2,10,11). The average Bonchev–Trinajstić information content (AvgIpc) is 2.41. The van der Waals surface area contributed by atoms with Gasteiger partial charge in [-0.2, -0.15) is 13.5 Å². The molecule has 1 aliphatic heterocycles. The van der Waals surface area contributed by atoms with Crippen LogP contribution >= 0.6 is 0 Å². The summed E-state index contributed by atoms with van der Waals surface area (Å²) < 4.78 is 30.9. The Balaban J connectivity index is 2.26. The average molecular weight is 302 g/mol. The van der Waals surface area contributed by atoms with Gasteiger partial charge in [0.2, 0.25) is 0 Å². The van der Waals surface area contributed by atoms with Gasteiger partial charge in [-0.15, -0.1) is 4.28 Å². The fourth-order valence-corrected chi connectivity index (χ4v) is 2.14. The van der Waals surface area contributed by atoms with E-state index in [2.05, 4.69) is 13.7 Å². The van der Waals surface area contributed by atoms with E-state index >= 15 is 0 Å². The summed E-state index contributed by atoms with van der Waals surface area (Å²) in [4.78, 5) is 10.0. The van der Waals surface area contributed by atoms with E-state index in [9.17, 15) is 18.5 Å². The Bertz CT molecular complexity index is 656. The smallest absolute Gasteiger partial charge is 0.365 e. The van der Waals surface area contributed by atoms with Crippen molar-refractivity contribution in [2.75, 3.05) is 0 Å². The second-order valence-corrected chi connectivity index (χ2v) is 4.97. The van der Waals surface area contributed by atoms with E-state index in [0.29, 0.717) is 5.56 Å². The van der Waals surface area contributed by atoms with Gasteiger partial charge in [0.15, 0.2) is 0 Å². The Morgan fingerprint density at radius 1 is 1.40 bits per heavy atom. The van der Waals surface area contributed by atoms with Crippen LogP contribution < -0.4 is 5.73 Å². The lowest BCUT2D eigenvalue weighted by molar-refractivity contribution is -0.384. The number of oxime groups is 1. The lowest BCUT2D eigenvalue weighted by atomic mass is 10.1. The van der Waals surface area contributed by atoms with Gasteiger partial charge in [0.25, 0.3) is 11.6 Å². The van der Waals surface area contributed by atoms with Crippen molar-refractivity contribution >= 4 is 22.0 Å². The normalized spacial score (nSPS) is 18.9. The number of nitro benzene ring substituents is 1. The van der Waals surface area contributed by atoms with Crippen LogP contribution in [0.2, 0.25) is 0 Å². The van der Waals surface area contributed by atoms with Gasteiger partial charge < -0.3 is 5.73 Å². The number of hydroxylamine groups is 2. The van der Waals surface area contributed by atoms with Crippen LogP contribution in [0.1, 0.15) is 18.5 Å². The van der Waals surface area contributed by atoms with Crippen LogP contribution in [0.25, 0.3) is 0 Å². The lowest BCUT2D eigenvalue weighted by Gasteiger charge is -2.28. The van der Waals surface area contributed by atoms with Gasteiger partial charge in [0.1, 0.15) is 0 Å². The first-order valence-electron chi connectivity index (χ1n) is 5.30. The Labute approximate surface area is 113 Å². The predicted molar refractivity (Wildman–Crippen MR) is 66.1 cm³/mol. The number of rotatable bonds is 3. The summed E-state index contributed by atoms with van der Waals surface area (Å²) in [6, 6.07) is 4.85. The molecule has 2 N–H and O–H groups in total. The summed E-state index contributed by atoms with van der Waals surface area (Å²) in [6.07, 6.45) is 0. The summed E-state index contributed by atoms with van der Waals surface area (Å²) in [7, 11) is -4.29. The first-order valence-corrected chi connectivity index (χ1v) is 6.64. The molecule has 0 fully saturated rings. The van der Waals surface area contributed by atoms with Gasteiger partial charge >= 0.3 is 10.4 Å². The van der Waals surface area contributed by atoms with Gasteiger partial charge in [0, 0.05) is 12.1 Å². The zero-order chi connectivity index (χ0) is 14.9. The number of benzene rings is 1. The molecule has 0 spiro atoms. The van der Waals surface area contributed by atoms with Crippen molar-refractivity contribution in [3.8, 4) is 0 Å². The van der Waals surface area contributed by atoms with Crippen molar-refractivity contribution in [1.82, 2.24) is 5.06 Å². The number of non-ortho nitro benzene ring substituents is 1. The molecule has 1 aliphatic rings. The maximum Gasteiger partial charge on any atom is 0.491 e. The van der Waals surface area contributed by atoms with Gasteiger partial charge in [0.05, 0.1) is 11.0 Å². The molecule has 20 heavy (non-hydrogen) atoms. The zero-order valence-electron chi connectivity index (χ0n) is 10.2. The molecule has 0 amide bonds. The Kier molecular flexibility index (Phi) is 3.46. The van der Waals surface area contributed by atoms with Crippen molar-refractivity contribution in [1.29, 1.82) is 0 Å². The number of nitrogens with zero attached hydrogens (tertiary/aromatic N) is 3. The number of nitrogens with two attached hydrogens (primary N) is 1. The highest BCUT2D eigenvalue weighted by Crippen LogP contribution is 2.25. The summed E-state index contributed by atoms with van der Waals surface area (Å²) >= 11 is 0. The van der Waals surface area contributed by atoms with Crippen LogP contribution in [0.5, 0.6) is 0 Å². The van der Waals surface area contributed by atoms with Crippen molar-refractivity contribution < 1.29 is 21.9 Å². The van der Waals surface area contributed by atoms with Gasteiger partial charge in [-0.1, -0.05) is 12.1 Å². The van der Waals surface area contributed by atoms with Gasteiger partial charge in [-0.05, 0) is 17.6 Å². The molecular formula is C9H10N4O6S. The first kappa shape index (κ1) is 14.0. The summed E-state index contributed by atoms with van der Waals surface area (Å²) in [5.74, 6) is -0.286. The quantitative estimate of drug-likeness (QED) is 0.625. The topological polar surface area (TPSA) is 137 Å². The largest absolute Gasteiger partial charge is 0.491 e. The van der Waals surface area contributed by atoms with Crippen molar-refractivity contribution in [3.05, 3.63) is 39.9 Å². The van der Waals surface area contributed by atoms with Crippen LogP contribution in [0.4, 0.5) is 5.69 Å². The van der Waals surface area contributed by atoms with E-state index in [1.165, 1.54) is 24.3 Å². The van der Waals surface area contributed by atoms with Crippen molar-refractivity contribution in [3.63, 3.8) is 0 Å². The van der Waals surface area contributed by atoms with Crippen LogP contribution in [0, 0.1) is 10.1 Å². The van der Waals surface area contributed by atoms with E-state index < -0.39 is 21.4 Å². The summed E-state index contributed by atoms with van der Waals surface area (Å²) in [6.45, 7) is 1.59. The molecule has 1 aromatic rings. The van der Waals surface area contributed by atoms with Crippen molar-refractivity contribution in [2.45, 2.75) is 13.0 Å². The molecule has 0 bridgehead atoms. The maximum absolute atomic E-state index is 11.1. The van der Waals surface area contributed by atoms with Crippen LogP contribution in [0.15, 0.2) is 29.4 Å². The van der Waals surface area contributed by atoms with Crippen LogP contribution in [0.3, 0.4) is 0 Å². The molecule has 1 atom stereocenters.